The van der Waals surface area contributed by atoms with Gasteiger partial charge in [0.05, 0.1) is 30.3 Å². The predicted molar refractivity (Wildman–Crippen MR) is 142 cm³/mol. The number of ether oxygens (including phenoxy) is 2. The number of rotatable bonds is 6. The van der Waals surface area contributed by atoms with Crippen LogP contribution in [0.25, 0.3) is 0 Å². The molecule has 1 N–H and O–H groups in total. The second kappa shape index (κ2) is 9.42. The number of fused-ring (bicyclic) bond motifs is 5. The van der Waals surface area contributed by atoms with Gasteiger partial charge in [0.2, 0.25) is 0 Å². The summed E-state index contributed by atoms with van der Waals surface area (Å²) in [4.78, 5) is 12.8. The van der Waals surface area contributed by atoms with E-state index >= 15 is 0 Å². The van der Waals surface area contributed by atoms with Crippen LogP contribution in [0.4, 0.5) is 0 Å². The molecule has 4 heteroatoms. The molecule has 0 radical (unpaired) electrons. The molecule has 36 heavy (non-hydrogen) atoms. The first-order chi connectivity index (χ1) is 17.0. The average molecular weight is 497 g/mol. The maximum atomic E-state index is 12.8. The lowest BCUT2D eigenvalue weighted by atomic mass is 9.43. The molecule has 0 aromatic heterocycles. The first kappa shape index (κ1) is 26.2. The number of hydrogen-bond donors (Lipinski definition) is 1. The second-order valence-corrected chi connectivity index (χ2v) is 13.6. The lowest BCUT2D eigenvalue weighted by Gasteiger charge is -2.63. The van der Waals surface area contributed by atoms with Crippen molar-refractivity contribution in [3.8, 4) is 0 Å². The van der Waals surface area contributed by atoms with Crippen molar-refractivity contribution in [3.05, 3.63) is 35.9 Å². The lowest BCUT2D eigenvalue weighted by molar-refractivity contribution is -0.200. The number of carbonyl (C=O) groups is 1. The largest absolute Gasteiger partial charge is 0.465 e. The van der Waals surface area contributed by atoms with Crippen LogP contribution < -0.4 is 0 Å². The van der Waals surface area contributed by atoms with Gasteiger partial charge in [0.25, 0.3) is 0 Å². The average Bonchev–Trinajstić information content (AvgIpc) is 3.20. The van der Waals surface area contributed by atoms with Crippen molar-refractivity contribution in [1.82, 2.24) is 0 Å². The Morgan fingerprint density at radius 1 is 0.972 bits per heavy atom. The third-order valence-corrected chi connectivity index (χ3v) is 11.9. The molecule has 4 aliphatic carbocycles. The first-order valence-electron chi connectivity index (χ1n) is 14.6. The normalized spacial score (nSPS) is 42.2. The van der Waals surface area contributed by atoms with Gasteiger partial charge in [-0.2, -0.15) is 0 Å². The Kier molecular flexibility index (Phi) is 6.86. The molecule has 200 valence electrons. The molecule has 0 spiro atoms. The monoisotopic (exact) mass is 496 g/mol. The van der Waals surface area contributed by atoms with Gasteiger partial charge in [0, 0.05) is 0 Å². The summed E-state index contributed by atoms with van der Waals surface area (Å²) in [6, 6.07) is 10.6. The van der Waals surface area contributed by atoms with E-state index in [0.717, 1.165) is 37.2 Å². The smallest absolute Gasteiger partial charge is 0.314 e. The van der Waals surface area contributed by atoms with Crippen molar-refractivity contribution in [1.29, 1.82) is 0 Å². The molecule has 4 fully saturated rings. The van der Waals surface area contributed by atoms with Crippen molar-refractivity contribution < 1.29 is 19.4 Å². The van der Waals surface area contributed by atoms with Crippen molar-refractivity contribution in [2.45, 2.75) is 111 Å². The summed E-state index contributed by atoms with van der Waals surface area (Å²) >= 11 is 0. The van der Waals surface area contributed by atoms with Gasteiger partial charge in [-0.15, -0.1) is 0 Å². The molecule has 4 aliphatic rings. The summed E-state index contributed by atoms with van der Waals surface area (Å²) in [5, 5.41) is 11.8. The standard InChI is InChI=1S/C32H48O4/c1-6-35-28(33)29(2,3)32(34)19-18-30(4)23(20-32)12-13-24-25-14-15-27(31(25,5)17-16-26(24)30)36-21-22-10-8-7-9-11-22/h7-11,23-27,34H,6,12-21H2,1-5H3. The number of carbonyl (C=O) groups excluding carboxylic acids is 1. The highest BCUT2D eigenvalue weighted by molar-refractivity contribution is 5.77. The van der Waals surface area contributed by atoms with Crippen LogP contribution in [0.5, 0.6) is 0 Å². The summed E-state index contributed by atoms with van der Waals surface area (Å²) in [6.45, 7) is 11.7. The molecule has 0 aliphatic heterocycles. The van der Waals surface area contributed by atoms with Crippen LogP contribution >= 0.6 is 0 Å². The Hall–Kier alpha value is -1.39. The van der Waals surface area contributed by atoms with E-state index in [4.69, 9.17) is 9.47 Å². The van der Waals surface area contributed by atoms with Gasteiger partial charge in [0.15, 0.2) is 0 Å². The maximum absolute atomic E-state index is 12.8. The zero-order chi connectivity index (χ0) is 25.8. The van der Waals surface area contributed by atoms with E-state index in [0.29, 0.717) is 25.0 Å². The molecule has 5 rings (SSSR count). The molecular weight excluding hydrogens is 448 g/mol. The van der Waals surface area contributed by atoms with Crippen LogP contribution in [0.1, 0.15) is 98.0 Å². The van der Waals surface area contributed by atoms with Crippen molar-refractivity contribution in [2.75, 3.05) is 6.61 Å². The minimum Gasteiger partial charge on any atom is -0.465 e. The SMILES string of the molecule is CCOC(=O)C(C)(C)C1(O)CCC2(C)C(CCC3C2CCC2(C)C(OCc4ccccc4)CCC32)C1. The fraction of sp³-hybridized carbons (Fsp3) is 0.781. The zero-order valence-corrected chi connectivity index (χ0v) is 23.2. The number of esters is 1. The van der Waals surface area contributed by atoms with Crippen molar-refractivity contribution >= 4 is 5.97 Å². The predicted octanol–water partition coefficient (Wildman–Crippen LogP) is 6.93. The Morgan fingerprint density at radius 3 is 2.42 bits per heavy atom. The van der Waals surface area contributed by atoms with Crippen LogP contribution in [0.2, 0.25) is 0 Å². The Bertz CT molecular complexity index is 943. The van der Waals surface area contributed by atoms with Gasteiger partial charge < -0.3 is 14.6 Å². The Labute approximate surface area is 218 Å². The topological polar surface area (TPSA) is 55.8 Å². The summed E-state index contributed by atoms with van der Waals surface area (Å²) in [6.07, 6.45) is 10.2. The molecular formula is C32H48O4. The van der Waals surface area contributed by atoms with Crippen LogP contribution in [-0.2, 0) is 20.9 Å². The van der Waals surface area contributed by atoms with E-state index in [1.165, 1.54) is 44.1 Å². The van der Waals surface area contributed by atoms with Gasteiger partial charge in [-0.1, -0.05) is 44.2 Å². The Balaban J connectivity index is 1.29. The van der Waals surface area contributed by atoms with E-state index in [2.05, 4.69) is 44.2 Å². The summed E-state index contributed by atoms with van der Waals surface area (Å²) in [7, 11) is 0. The molecule has 8 atom stereocenters. The number of aliphatic hydroxyl groups is 1. The number of benzene rings is 1. The highest BCUT2D eigenvalue weighted by Gasteiger charge is 2.63. The Morgan fingerprint density at radius 2 is 1.69 bits per heavy atom. The van der Waals surface area contributed by atoms with E-state index in [9.17, 15) is 9.90 Å². The summed E-state index contributed by atoms with van der Waals surface area (Å²) in [5.41, 5.74) is -0.0544. The zero-order valence-electron chi connectivity index (χ0n) is 23.2. The molecule has 0 saturated heterocycles. The third-order valence-electron chi connectivity index (χ3n) is 11.9. The maximum Gasteiger partial charge on any atom is 0.314 e. The molecule has 1 aromatic carbocycles. The lowest BCUT2D eigenvalue weighted by Crippen LogP contribution is -2.60. The first-order valence-corrected chi connectivity index (χ1v) is 14.6. The van der Waals surface area contributed by atoms with Crippen LogP contribution in [0.15, 0.2) is 30.3 Å². The van der Waals surface area contributed by atoms with Gasteiger partial charge >= 0.3 is 5.97 Å². The van der Waals surface area contributed by atoms with Crippen LogP contribution in [0.3, 0.4) is 0 Å². The molecule has 0 heterocycles. The van der Waals surface area contributed by atoms with E-state index in [1.54, 1.807) is 0 Å². The fourth-order valence-corrected chi connectivity index (χ4v) is 9.31. The molecule has 0 amide bonds. The minimum absolute atomic E-state index is 0.254. The summed E-state index contributed by atoms with van der Waals surface area (Å²) in [5.74, 6) is 2.44. The van der Waals surface area contributed by atoms with Gasteiger partial charge in [0.1, 0.15) is 0 Å². The van der Waals surface area contributed by atoms with E-state index < -0.39 is 11.0 Å². The van der Waals surface area contributed by atoms with E-state index in [1.807, 2.05) is 20.8 Å². The molecule has 1 aromatic rings. The van der Waals surface area contributed by atoms with Gasteiger partial charge in [-0.3, -0.25) is 4.79 Å². The van der Waals surface area contributed by atoms with Gasteiger partial charge in [-0.05, 0) is 119 Å². The molecule has 4 nitrogen and oxygen atoms in total. The van der Waals surface area contributed by atoms with Crippen molar-refractivity contribution in [3.63, 3.8) is 0 Å². The van der Waals surface area contributed by atoms with Crippen LogP contribution in [0, 0.1) is 39.9 Å². The second-order valence-electron chi connectivity index (χ2n) is 13.6. The highest BCUT2D eigenvalue weighted by atomic mass is 16.5. The molecule has 8 unspecified atom stereocenters. The number of hydrogen-bond acceptors (Lipinski definition) is 4. The van der Waals surface area contributed by atoms with Gasteiger partial charge in [-0.25, -0.2) is 0 Å². The third kappa shape index (κ3) is 4.06. The van der Waals surface area contributed by atoms with E-state index in [-0.39, 0.29) is 16.8 Å². The van der Waals surface area contributed by atoms with Crippen molar-refractivity contribution in [2.24, 2.45) is 39.9 Å². The van der Waals surface area contributed by atoms with Crippen LogP contribution in [-0.4, -0.2) is 29.4 Å². The minimum atomic E-state index is -0.983. The quantitative estimate of drug-likeness (QED) is 0.434. The fourth-order valence-electron chi connectivity index (χ4n) is 9.31. The summed E-state index contributed by atoms with van der Waals surface area (Å²) < 4.78 is 12.0. The highest BCUT2D eigenvalue weighted by Crippen LogP contribution is 2.68. The molecule has 0 bridgehead atoms. The molecule has 4 saturated carbocycles.